The lowest BCUT2D eigenvalue weighted by Crippen LogP contribution is -2.42. The van der Waals surface area contributed by atoms with E-state index in [1.165, 1.54) is 0 Å². The van der Waals surface area contributed by atoms with E-state index in [0.29, 0.717) is 13.0 Å². The highest BCUT2D eigenvalue weighted by molar-refractivity contribution is 5.88. The second-order valence-electron chi connectivity index (χ2n) is 4.99. The standard InChI is InChI=1S/C6H8O7.C6H12O2.C4H11N/c7-3(8)1-6(13,5(11)12)2-4(9)10;1-3-5-6(7)8-4-2;1-3-5-4-2/h13H,1-2H2,(H,7,8)(H,9,10)(H,11,12);3-5H2,1-2H3;5H,3-4H2,1-2H3. The number of hydrogen-bond donors (Lipinski definition) is 5. The van der Waals surface area contributed by atoms with Crippen LogP contribution in [0.4, 0.5) is 0 Å². The second-order valence-corrected chi connectivity index (χ2v) is 4.99. The van der Waals surface area contributed by atoms with Crippen molar-refractivity contribution in [3.8, 4) is 0 Å². The zero-order chi connectivity index (χ0) is 21.2. The van der Waals surface area contributed by atoms with E-state index >= 15 is 0 Å². The van der Waals surface area contributed by atoms with Crippen LogP contribution < -0.4 is 5.32 Å². The Hall–Kier alpha value is -2.20. The number of aliphatic hydroxyl groups is 1. The monoisotopic (exact) mass is 381 g/mol. The summed E-state index contributed by atoms with van der Waals surface area (Å²) in [5, 5.41) is 36.9. The molecule has 10 nitrogen and oxygen atoms in total. The molecule has 5 N–H and O–H groups in total. The maximum absolute atomic E-state index is 10.4. The summed E-state index contributed by atoms with van der Waals surface area (Å²) in [5.41, 5.74) is -2.74. The van der Waals surface area contributed by atoms with Crippen molar-refractivity contribution < 1.29 is 44.3 Å². The molecule has 0 amide bonds. The van der Waals surface area contributed by atoms with Crippen LogP contribution in [0.15, 0.2) is 0 Å². The van der Waals surface area contributed by atoms with Crippen LogP contribution in [0.1, 0.15) is 53.4 Å². The van der Waals surface area contributed by atoms with Crippen molar-refractivity contribution in [2.24, 2.45) is 0 Å². The third-order valence-electron chi connectivity index (χ3n) is 2.54. The van der Waals surface area contributed by atoms with E-state index in [-0.39, 0.29) is 5.97 Å². The summed E-state index contributed by atoms with van der Waals surface area (Å²) in [5.74, 6) is -5.11. The summed E-state index contributed by atoms with van der Waals surface area (Å²) in [6.45, 7) is 10.7. The summed E-state index contributed by atoms with van der Waals surface area (Å²) in [7, 11) is 0. The number of hydrogen-bond acceptors (Lipinski definition) is 7. The minimum absolute atomic E-state index is 0.0880. The van der Waals surface area contributed by atoms with E-state index < -0.39 is 36.4 Å². The molecule has 0 aliphatic carbocycles. The largest absolute Gasteiger partial charge is 0.481 e. The second kappa shape index (κ2) is 17.6. The number of esters is 1. The molecule has 0 unspecified atom stereocenters. The van der Waals surface area contributed by atoms with Crippen molar-refractivity contribution in [3.05, 3.63) is 0 Å². The Labute approximate surface area is 153 Å². The van der Waals surface area contributed by atoms with E-state index in [1.807, 2.05) is 13.8 Å². The van der Waals surface area contributed by atoms with Gasteiger partial charge in [0.25, 0.3) is 0 Å². The molecule has 0 saturated carbocycles. The molecule has 154 valence electrons. The molecule has 0 aromatic heterocycles. The summed E-state index contributed by atoms with van der Waals surface area (Å²) >= 11 is 0. The number of ether oxygens (including phenoxy) is 1. The van der Waals surface area contributed by atoms with Gasteiger partial charge in [0.2, 0.25) is 0 Å². The molecular weight excluding hydrogens is 350 g/mol. The highest BCUT2D eigenvalue weighted by atomic mass is 16.5. The van der Waals surface area contributed by atoms with E-state index in [4.69, 9.17) is 20.4 Å². The first kappa shape index (κ1) is 28.6. The predicted octanol–water partition coefficient (Wildman–Crippen LogP) is 0.717. The van der Waals surface area contributed by atoms with E-state index in [0.717, 1.165) is 19.5 Å². The molecule has 0 aromatic carbocycles. The van der Waals surface area contributed by atoms with Crippen LogP contribution in [0.25, 0.3) is 0 Å². The summed E-state index contributed by atoms with van der Waals surface area (Å²) in [6.07, 6.45) is -0.865. The fraction of sp³-hybridized carbons (Fsp3) is 0.750. The molecule has 0 spiro atoms. The minimum atomic E-state index is -2.74. The maximum Gasteiger partial charge on any atom is 0.336 e. The zero-order valence-electron chi connectivity index (χ0n) is 15.8. The van der Waals surface area contributed by atoms with E-state index in [1.54, 1.807) is 0 Å². The Kier molecular flexibility index (Phi) is 19.4. The van der Waals surface area contributed by atoms with Crippen LogP contribution in [0.5, 0.6) is 0 Å². The van der Waals surface area contributed by atoms with Gasteiger partial charge in [0, 0.05) is 6.42 Å². The molecule has 0 aliphatic heterocycles. The van der Waals surface area contributed by atoms with Crippen molar-refractivity contribution in [1.82, 2.24) is 5.32 Å². The Bertz CT molecular complexity index is 398. The maximum atomic E-state index is 10.4. The van der Waals surface area contributed by atoms with Gasteiger partial charge in [-0.2, -0.15) is 0 Å². The third-order valence-corrected chi connectivity index (χ3v) is 2.54. The number of nitrogens with one attached hydrogen (secondary N) is 1. The average Bonchev–Trinajstić information content (AvgIpc) is 2.48. The molecule has 0 heterocycles. The number of carbonyl (C=O) groups is 4. The number of carbonyl (C=O) groups excluding carboxylic acids is 1. The van der Waals surface area contributed by atoms with Gasteiger partial charge in [0.05, 0.1) is 19.4 Å². The molecule has 10 heteroatoms. The minimum Gasteiger partial charge on any atom is -0.481 e. The summed E-state index contributed by atoms with van der Waals surface area (Å²) in [4.78, 5) is 40.9. The topological polar surface area (TPSA) is 170 Å². The number of carboxylic acid groups (broad SMARTS) is 3. The van der Waals surface area contributed by atoms with Crippen molar-refractivity contribution in [2.45, 2.75) is 59.0 Å². The molecule has 0 fully saturated rings. The Morgan fingerprint density at radius 3 is 1.50 bits per heavy atom. The van der Waals surface area contributed by atoms with Crippen LogP contribution in [-0.2, 0) is 23.9 Å². The van der Waals surface area contributed by atoms with E-state index in [9.17, 15) is 19.2 Å². The molecule has 26 heavy (non-hydrogen) atoms. The van der Waals surface area contributed by atoms with Gasteiger partial charge in [-0.25, -0.2) is 4.79 Å². The Morgan fingerprint density at radius 2 is 1.31 bits per heavy atom. The van der Waals surface area contributed by atoms with Gasteiger partial charge in [-0.05, 0) is 26.4 Å². The predicted molar refractivity (Wildman–Crippen MR) is 92.8 cm³/mol. The van der Waals surface area contributed by atoms with Crippen molar-refractivity contribution in [1.29, 1.82) is 0 Å². The molecule has 0 aromatic rings. The fourth-order valence-electron chi connectivity index (χ4n) is 1.40. The average molecular weight is 381 g/mol. The number of rotatable bonds is 10. The fourth-order valence-corrected chi connectivity index (χ4v) is 1.40. The summed E-state index contributed by atoms with van der Waals surface area (Å²) in [6, 6.07) is 0. The Balaban J connectivity index is -0.000000346. The molecule has 0 bridgehead atoms. The van der Waals surface area contributed by atoms with Crippen molar-refractivity contribution >= 4 is 23.9 Å². The smallest absolute Gasteiger partial charge is 0.336 e. The number of aliphatic carboxylic acids is 3. The van der Waals surface area contributed by atoms with E-state index in [2.05, 4.69) is 23.9 Å². The van der Waals surface area contributed by atoms with Crippen LogP contribution in [-0.4, -0.2) is 69.6 Å². The Morgan fingerprint density at radius 1 is 0.885 bits per heavy atom. The molecule has 0 aliphatic rings. The van der Waals surface area contributed by atoms with Gasteiger partial charge in [-0.3, -0.25) is 14.4 Å². The lowest BCUT2D eigenvalue weighted by molar-refractivity contribution is -0.170. The normalized spacial score (nSPS) is 9.73. The first-order valence-electron chi connectivity index (χ1n) is 8.26. The molecule has 0 saturated heterocycles. The lowest BCUT2D eigenvalue weighted by atomic mass is 9.96. The van der Waals surface area contributed by atoms with Gasteiger partial charge in [0.1, 0.15) is 0 Å². The molecule has 0 radical (unpaired) electrons. The van der Waals surface area contributed by atoms with Gasteiger partial charge in [0.15, 0.2) is 5.60 Å². The highest BCUT2D eigenvalue weighted by Gasteiger charge is 2.40. The molecular formula is C16H31NO9. The van der Waals surface area contributed by atoms with Gasteiger partial charge >= 0.3 is 23.9 Å². The van der Waals surface area contributed by atoms with Gasteiger partial charge in [-0.15, -0.1) is 0 Å². The van der Waals surface area contributed by atoms with Crippen LogP contribution in [0.3, 0.4) is 0 Å². The zero-order valence-corrected chi connectivity index (χ0v) is 15.8. The first-order chi connectivity index (χ1) is 12.0. The first-order valence-corrected chi connectivity index (χ1v) is 8.26. The molecule has 0 rings (SSSR count). The van der Waals surface area contributed by atoms with Crippen LogP contribution in [0, 0.1) is 0 Å². The SMILES string of the molecule is CCCC(=O)OCC.CCNCC.O=C(O)CC(O)(CC(=O)O)C(=O)O. The lowest BCUT2D eigenvalue weighted by Gasteiger charge is -2.18. The van der Waals surface area contributed by atoms with Crippen molar-refractivity contribution in [3.63, 3.8) is 0 Å². The quantitative estimate of drug-likeness (QED) is 0.339. The van der Waals surface area contributed by atoms with Crippen LogP contribution in [0.2, 0.25) is 0 Å². The van der Waals surface area contributed by atoms with Gasteiger partial charge < -0.3 is 30.5 Å². The summed E-state index contributed by atoms with van der Waals surface area (Å²) < 4.78 is 4.64. The van der Waals surface area contributed by atoms with Crippen LogP contribution >= 0.6 is 0 Å². The number of carboxylic acids is 3. The third kappa shape index (κ3) is 19.8. The molecule has 0 atom stereocenters. The van der Waals surface area contributed by atoms with Gasteiger partial charge in [-0.1, -0.05) is 20.8 Å². The van der Waals surface area contributed by atoms with Crippen molar-refractivity contribution in [2.75, 3.05) is 19.7 Å². The highest BCUT2D eigenvalue weighted by Crippen LogP contribution is 2.15.